The summed E-state index contributed by atoms with van der Waals surface area (Å²) in [7, 11) is 0. The summed E-state index contributed by atoms with van der Waals surface area (Å²) in [4.78, 5) is 8.16. The van der Waals surface area contributed by atoms with Gasteiger partial charge in [-0.25, -0.2) is 14.4 Å². The number of para-hydroxylation sites is 1. The highest BCUT2D eigenvalue weighted by atomic mass is 35.5. The van der Waals surface area contributed by atoms with Crippen LogP contribution in [-0.4, -0.2) is 9.97 Å². The number of nitrogens with zero attached hydrogens (tertiary/aromatic N) is 3. The second-order valence-corrected chi connectivity index (χ2v) is 6.08. The molecule has 0 saturated heterocycles. The van der Waals surface area contributed by atoms with Crippen molar-refractivity contribution in [2.45, 2.75) is 19.4 Å². The van der Waals surface area contributed by atoms with Gasteiger partial charge in [-0.05, 0) is 30.7 Å². The third-order valence-corrected chi connectivity index (χ3v) is 4.20. The van der Waals surface area contributed by atoms with Gasteiger partial charge in [0.15, 0.2) is 11.6 Å². The number of ether oxygens (including phenoxy) is 1. The second kappa shape index (κ2) is 8.47. The number of nitrogens with one attached hydrogen (secondary N) is 1. The highest BCUT2D eigenvalue weighted by Gasteiger charge is 2.21. The van der Waals surface area contributed by atoms with Crippen LogP contribution in [-0.2, 0) is 0 Å². The third-order valence-electron chi connectivity index (χ3n) is 3.90. The molecule has 1 N–H and O–H groups in total. The van der Waals surface area contributed by atoms with Gasteiger partial charge in [0, 0.05) is 11.8 Å². The maximum atomic E-state index is 15.2. The zero-order chi connectivity index (χ0) is 19.2. The van der Waals surface area contributed by atoms with Crippen molar-refractivity contribution in [3.05, 3.63) is 76.8 Å². The zero-order valence-corrected chi connectivity index (χ0v) is 15.2. The minimum atomic E-state index is -0.554. The quantitative estimate of drug-likeness (QED) is 0.609. The van der Waals surface area contributed by atoms with Gasteiger partial charge in [0.05, 0.1) is 11.1 Å². The van der Waals surface area contributed by atoms with Crippen molar-refractivity contribution in [2.24, 2.45) is 0 Å². The van der Waals surface area contributed by atoms with Gasteiger partial charge in [0.1, 0.15) is 17.5 Å². The van der Waals surface area contributed by atoms with E-state index in [0.717, 1.165) is 0 Å². The van der Waals surface area contributed by atoms with E-state index < -0.39 is 11.9 Å². The molecule has 27 heavy (non-hydrogen) atoms. The van der Waals surface area contributed by atoms with Crippen LogP contribution < -0.4 is 10.1 Å². The first kappa shape index (κ1) is 18.6. The van der Waals surface area contributed by atoms with Gasteiger partial charge >= 0.3 is 0 Å². The molecule has 0 spiro atoms. The Morgan fingerprint density at radius 1 is 1.22 bits per heavy atom. The molecule has 3 aromatic rings. The van der Waals surface area contributed by atoms with E-state index in [2.05, 4.69) is 15.3 Å². The number of hydrogen-bond acceptors (Lipinski definition) is 5. The average Bonchev–Trinajstić information content (AvgIpc) is 2.71. The lowest BCUT2D eigenvalue weighted by molar-refractivity contribution is 0.435. The first-order chi connectivity index (χ1) is 13.1. The Hall–Kier alpha value is -3.17. The molecule has 0 saturated carbocycles. The van der Waals surface area contributed by atoms with Crippen LogP contribution in [0.15, 0.2) is 54.7 Å². The van der Waals surface area contributed by atoms with Crippen molar-refractivity contribution in [1.29, 1.82) is 5.26 Å². The van der Waals surface area contributed by atoms with Crippen LogP contribution >= 0.6 is 11.6 Å². The molecule has 2 aromatic carbocycles. The summed E-state index contributed by atoms with van der Waals surface area (Å²) < 4.78 is 20.8. The number of aromatic nitrogens is 2. The summed E-state index contributed by atoms with van der Waals surface area (Å²) in [5, 5.41) is 12.2. The Bertz CT molecular complexity index is 975. The van der Waals surface area contributed by atoms with Gasteiger partial charge < -0.3 is 10.1 Å². The van der Waals surface area contributed by atoms with Crippen molar-refractivity contribution in [2.75, 3.05) is 5.32 Å². The number of anilines is 1. The molecule has 0 aliphatic rings. The molecule has 0 radical (unpaired) electrons. The van der Waals surface area contributed by atoms with E-state index >= 15 is 4.39 Å². The Kier molecular flexibility index (Phi) is 5.84. The summed E-state index contributed by atoms with van der Waals surface area (Å²) in [6, 6.07) is 15.1. The van der Waals surface area contributed by atoms with E-state index in [1.807, 2.05) is 19.1 Å². The van der Waals surface area contributed by atoms with Gasteiger partial charge in [0.25, 0.3) is 0 Å². The van der Waals surface area contributed by atoms with Crippen molar-refractivity contribution >= 4 is 17.5 Å². The Balaban J connectivity index is 1.92. The van der Waals surface area contributed by atoms with Crippen LogP contribution in [0.4, 0.5) is 10.3 Å². The fourth-order valence-corrected chi connectivity index (χ4v) is 2.75. The minimum absolute atomic E-state index is 0.0349. The van der Waals surface area contributed by atoms with Gasteiger partial charge in [-0.1, -0.05) is 42.8 Å². The second-order valence-electron chi connectivity index (χ2n) is 5.68. The molecule has 0 bridgehead atoms. The van der Waals surface area contributed by atoms with E-state index in [0.29, 0.717) is 17.7 Å². The van der Waals surface area contributed by atoms with Crippen molar-refractivity contribution in [3.8, 4) is 17.6 Å². The maximum absolute atomic E-state index is 15.2. The maximum Gasteiger partial charge on any atom is 0.224 e. The molecule has 0 fully saturated rings. The lowest BCUT2D eigenvalue weighted by Gasteiger charge is -2.20. The smallest absolute Gasteiger partial charge is 0.224 e. The fraction of sp³-hybridized carbons (Fsp3) is 0.150. The van der Waals surface area contributed by atoms with Crippen LogP contribution in [0.2, 0.25) is 5.02 Å². The van der Waals surface area contributed by atoms with Gasteiger partial charge in [0.2, 0.25) is 5.95 Å². The minimum Gasteiger partial charge on any atom is -0.453 e. The fourth-order valence-electron chi connectivity index (χ4n) is 2.56. The number of halogens is 2. The molecular formula is C20H16ClFN4O. The van der Waals surface area contributed by atoms with E-state index in [1.165, 1.54) is 12.3 Å². The van der Waals surface area contributed by atoms with E-state index in [1.54, 1.807) is 36.4 Å². The van der Waals surface area contributed by atoms with E-state index in [4.69, 9.17) is 21.6 Å². The monoisotopic (exact) mass is 382 g/mol. The zero-order valence-electron chi connectivity index (χ0n) is 14.5. The first-order valence-corrected chi connectivity index (χ1v) is 8.70. The lowest BCUT2D eigenvalue weighted by atomic mass is 10.0. The third kappa shape index (κ3) is 4.33. The van der Waals surface area contributed by atoms with Crippen LogP contribution in [0, 0.1) is 17.1 Å². The standard InChI is InChI=1S/C20H16ClFN4O/c1-2-17(26-20-24-11-10-13(12-23)25-20)15-8-9-16(21)19(18(15)22)27-14-6-4-3-5-7-14/h3-11,17H,2H2,1H3,(H,24,25,26)/t17-/m1/s1. The molecule has 0 aliphatic carbocycles. The van der Waals surface area contributed by atoms with Crippen LogP contribution in [0.5, 0.6) is 11.5 Å². The number of hydrogen-bond donors (Lipinski definition) is 1. The predicted molar refractivity (Wildman–Crippen MR) is 101 cm³/mol. The summed E-state index contributed by atoms with van der Waals surface area (Å²) >= 11 is 6.15. The molecule has 136 valence electrons. The van der Waals surface area contributed by atoms with Gasteiger partial charge in [-0.15, -0.1) is 0 Å². The van der Waals surface area contributed by atoms with E-state index in [-0.39, 0.29) is 22.4 Å². The molecular weight excluding hydrogens is 367 g/mol. The molecule has 1 atom stereocenters. The van der Waals surface area contributed by atoms with Crippen LogP contribution in [0.1, 0.15) is 30.6 Å². The van der Waals surface area contributed by atoms with Crippen molar-refractivity contribution in [1.82, 2.24) is 9.97 Å². The molecule has 0 aliphatic heterocycles. The molecule has 0 unspecified atom stereocenters. The normalized spacial score (nSPS) is 11.5. The highest BCUT2D eigenvalue weighted by Crippen LogP contribution is 2.37. The van der Waals surface area contributed by atoms with Crippen LogP contribution in [0.3, 0.4) is 0 Å². The predicted octanol–water partition coefficient (Wildman–Crippen LogP) is 5.50. The Morgan fingerprint density at radius 2 is 2.00 bits per heavy atom. The molecule has 0 amide bonds. The van der Waals surface area contributed by atoms with Crippen LogP contribution in [0.25, 0.3) is 0 Å². The first-order valence-electron chi connectivity index (χ1n) is 8.32. The SMILES string of the molecule is CC[C@@H](Nc1nccc(C#N)n1)c1ccc(Cl)c(Oc2ccccc2)c1F. The molecule has 5 nitrogen and oxygen atoms in total. The summed E-state index contributed by atoms with van der Waals surface area (Å²) in [5.41, 5.74) is 0.603. The molecule has 1 aromatic heterocycles. The topological polar surface area (TPSA) is 70.8 Å². The van der Waals surface area contributed by atoms with Crippen molar-refractivity contribution in [3.63, 3.8) is 0 Å². The van der Waals surface area contributed by atoms with Gasteiger partial charge in [-0.3, -0.25) is 0 Å². The summed E-state index contributed by atoms with van der Waals surface area (Å²) in [5.74, 6) is 0.150. The summed E-state index contributed by atoms with van der Waals surface area (Å²) in [6.45, 7) is 1.90. The van der Waals surface area contributed by atoms with Gasteiger partial charge in [-0.2, -0.15) is 5.26 Å². The molecule has 3 rings (SSSR count). The number of benzene rings is 2. The average molecular weight is 383 g/mol. The largest absolute Gasteiger partial charge is 0.453 e. The lowest BCUT2D eigenvalue weighted by Crippen LogP contribution is -2.14. The summed E-state index contributed by atoms with van der Waals surface area (Å²) in [6.07, 6.45) is 2.03. The molecule has 1 heterocycles. The van der Waals surface area contributed by atoms with Crippen molar-refractivity contribution < 1.29 is 9.13 Å². The Morgan fingerprint density at radius 3 is 2.70 bits per heavy atom. The number of nitriles is 1. The highest BCUT2D eigenvalue weighted by molar-refractivity contribution is 6.32. The van der Waals surface area contributed by atoms with E-state index in [9.17, 15) is 0 Å². The molecule has 7 heteroatoms. The Labute approximate surface area is 161 Å². The number of rotatable bonds is 6.